The predicted molar refractivity (Wildman–Crippen MR) is 76.1 cm³/mol. The van der Waals surface area contributed by atoms with Gasteiger partial charge in [-0.3, -0.25) is 14.5 Å². The predicted octanol–water partition coefficient (Wildman–Crippen LogP) is 1.90. The Morgan fingerprint density at radius 2 is 2.15 bits per heavy atom. The van der Waals surface area contributed by atoms with E-state index in [2.05, 4.69) is 15.4 Å². The van der Waals surface area contributed by atoms with E-state index in [1.54, 1.807) is 30.3 Å². The van der Waals surface area contributed by atoms with Crippen molar-refractivity contribution in [1.82, 2.24) is 20.1 Å². The van der Waals surface area contributed by atoms with Crippen molar-refractivity contribution < 1.29 is 4.79 Å². The smallest absolute Gasteiger partial charge is 0.254 e. The van der Waals surface area contributed by atoms with Crippen molar-refractivity contribution in [2.45, 2.75) is 6.54 Å². The van der Waals surface area contributed by atoms with Gasteiger partial charge in [0.2, 0.25) is 0 Å². The number of aromatic nitrogens is 3. The highest BCUT2D eigenvalue weighted by Gasteiger charge is 2.08. The molecule has 0 radical (unpaired) electrons. The fraction of sp³-hybridized carbons (Fsp3) is 0.133. The molecular formula is C15H14N4O. The molecule has 3 rings (SSSR count). The van der Waals surface area contributed by atoms with Crippen LogP contribution in [0.2, 0.25) is 0 Å². The number of rotatable bonds is 3. The molecule has 0 atom stereocenters. The second-order valence-corrected chi connectivity index (χ2v) is 4.58. The molecule has 0 fully saturated rings. The van der Waals surface area contributed by atoms with Crippen LogP contribution in [0.15, 0.2) is 48.9 Å². The van der Waals surface area contributed by atoms with Crippen molar-refractivity contribution >= 4 is 16.8 Å². The highest BCUT2D eigenvalue weighted by atomic mass is 16.1. The molecule has 0 saturated heterocycles. The minimum absolute atomic E-state index is 0.133. The van der Waals surface area contributed by atoms with Crippen LogP contribution in [0, 0.1) is 0 Å². The number of pyridine rings is 1. The molecule has 1 N–H and O–H groups in total. The van der Waals surface area contributed by atoms with Gasteiger partial charge in [-0.25, -0.2) is 0 Å². The van der Waals surface area contributed by atoms with Gasteiger partial charge in [0.15, 0.2) is 0 Å². The molecule has 0 unspecified atom stereocenters. The molecule has 1 aromatic carbocycles. The molecule has 0 saturated carbocycles. The summed E-state index contributed by atoms with van der Waals surface area (Å²) in [6.07, 6.45) is 5.00. The van der Waals surface area contributed by atoms with E-state index in [9.17, 15) is 4.79 Å². The zero-order valence-corrected chi connectivity index (χ0v) is 11.1. The Bertz CT molecular complexity index is 758. The lowest BCUT2D eigenvalue weighted by atomic mass is 10.1. The maximum Gasteiger partial charge on any atom is 0.254 e. The normalized spacial score (nSPS) is 10.7. The highest BCUT2D eigenvalue weighted by molar-refractivity contribution is 5.94. The SMILES string of the molecule is Cn1cc(C(=O)NCc2cccc3cccnc23)cn1. The molecule has 2 heterocycles. The number of fused-ring (bicyclic) bond motifs is 1. The second-order valence-electron chi connectivity index (χ2n) is 4.58. The molecule has 5 nitrogen and oxygen atoms in total. The van der Waals surface area contributed by atoms with Crippen LogP contribution in [0.5, 0.6) is 0 Å². The summed E-state index contributed by atoms with van der Waals surface area (Å²) < 4.78 is 1.61. The Hall–Kier alpha value is -2.69. The largest absolute Gasteiger partial charge is 0.348 e. The standard InChI is InChI=1S/C15H14N4O/c1-19-10-13(9-18-19)15(20)17-8-12-5-2-4-11-6-3-7-16-14(11)12/h2-7,9-10H,8H2,1H3,(H,17,20). The number of hydrogen-bond acceptors (Lipinski definition) is 3. The summed E-state index contributed by atoms with van der Waals surface area (Å²) in [6.45, 7) is 0.447. The van der Waals surface area contributed by atoms with E-state index in [0.29, 0.717) is 12.1 Å². The summed E-state index contributed by atoms with van der Waals surface area (Å²) >= 11 is 0. The molecule has 2 aromatic heterocycles. The molecular weight excluding hydrogens is 252 g/mol. The summed E-state index contributed by atoms with van der Waals surface area (Å²) in [4.78, 5) is 16.4. The maximum absolute atomic E-state index is 12.0. The van der Waals surface area contributed by atoms with Gasteiger partial charge in [-0.2, -0.15) is 5.10 Å². The summed E-state index contributed by atoms with van der Waals surface area (Å²) in [5, 5.41) is 7.94. The lowest BCUT2D eigenvalue weighted by Crippen LogP contribution is -2.22. The Balaban J connectivity index is 1.79. The van der Waals surface area contributed by atoms with Crippen LogP contribution in [0.3, 0.4) is 0 Å². The van der Waals surface area contributed by atoms with Crippen LogP contribution in [-0.2, 0) is 13.6 Å². The van der Waals surface area contributed by atoms with E-state index in [4.69, 9.17) is 0 Å². The molecule has 0 bridgehead atoms. The van der Waals surface area contributed by atoms with Gasteiger partial charge in [-0.15, -0.1) is 0 Å². The molecule has 100 valence electrons. The van der Waals surface area contributed by atoms with Crippen molar-refractivity contribution in [2.24, 2.45) is 7.05 Å². The Labute approximate surface area is 116 Å². The fourth-order valence-corrected chi connectivity index (χ4v) is 2.13. The zero-order valence-electron chi connectivity index (χ0n) is 11.1. The van der Waals surface area contributed by atoms with Crippen LogP contribution < -0.4 is 5.32 Å². The van der Waals surface area contributed by atoms with Crippen molar-refractivity contribution in [1.29, 1.82) is 0 Å². The van der Waals surface area contributed by atoms with Crippen LogP contribution in [0.4, 0.5) is 0 Å². The lowest BCUT2D eigenvalue weighted by Gasteiger charge is -2.06. The van der Waals surface area contributed by atoms with Crippen molar-refractivity contribution in [3.8, 4) is 0 Å². The number of carbonyl (C=O) groups excluding carboxylic acids is 1. The quantitative estimate of drug-likeness (QED) is 0.787. The van der Waals surface area contributed by atoms with Gasteiger partial charge in [0.1, 0.15) is 0 Å². The lowest BCUT2D eigenvalue weighted by molar-refractivity contribution is 0.0951. The summed E-state index contributed by atoms with van der Waals surface area (Å²) in [5.41, 5.74) is 2.47. The van der Waals surface area contributed by atoms with Crippen LogP contribution in [0.25, 0.3) is 10.9 Å². The van der Waals surface area contributed by atoms with E-state index in [0.717, 1.165) is 16.5 Å². The first-order valence-electron chi connectivity index (χ1n) is 6.33. The fourth-order valence-electron chi connectivity index (χ4n) is 2.13. The summed E-state index contributed by atoms with van der Waals surface area (Å²) in [6, 6.07) is 9.86. The third kappa shape index (κ3) is 2.38. The number of hydrogen-bond donors (Lipinski definition) is 1. The van der Waals surface area contributed by atoms with Crippen LogP contribution >= 0.6 is 0 Å². The number of para-hydroxylation sites is 1. The number of aryl methyl sites for hydroxylation is 1. The van der Waals surface area contributed by atoms with E-state index in [-0.39, 0.29) is 5.91 Å². The minimum Gasteiger partial charge on any atom is -0.348 e. The van der Waals surface area contributed by atoms with Crippen molar-refractivity contribution in [2.75, 3.05) is 0 Å². The van der Waals surface area contributed by atoms with Gasteiger partial charge in [0.05, 0.1) is 17.3 Å². The highest BCUT2D eigenvalue weighted by Crippen LogP contribution is 2.15. The van der Waals surface area contributed by atoms with Crippen molar-refractivity contribution in [3.63, 3.8) is 0 Å². The average molecular weight is 266 g/mol. The third-order valence-electron chi connectivity index (χ3n) is 3.12. The first kappa shape index (κ1) is 12.3. The number of nitrogens with one attached hydrogen (secondary N) is 1. The molecule has 0 aliphatic rings. The molecule has 1 amide bonds. The first-order chi connectivity index (χ1) is 9.74. The Morgan fingerprint density at radius 3 is 2.95 bits per heavy atom. The van der Waals surface area contributed by atoms with Gasteiger partial charge < -0.3 is 5.32 Å². The monoisotopic (exact) mass is 266 g/mol. The van der Waals surface area contributed by atoms with E-state index >= 15 is 0 Å². The van der Waals surface area contributed by atoms with Crippen LogP contribution in [0.1, 0.15) is 15.9 Å². The van der Waals surface area contributed by atoms with Crippen LogP contribution in [-0.4, -0.2) is 20.7 Å². The zero-order chi connectivity index (χ0) is 13.9. The van der Waals surface area contributed by atoms with Gasteiger partial charge in [-0.1, -0.05) is 24.3 Å². The van der Waals surface area contributed by atoms with E-state index in [1.807, 2.05) is 30.3 Å². The summed E-state index contributed by atoms with van der Waals surface area (Å²) in [7, 11) is 1.78. The maximum atomic E-state index is 12.0. The molecule has 0 aliphatic carbocycles. The Kier molecular flexibility index (Phi) is 3.16. The molecule has 20 heavy (non-hydrogen) atoms. The van der Waals surface area contributed by atoms with E-state index in [1.165, 1.54) is 0 Å². The molecule has 0 spiro atoms. The van der Waals surface area contributed by atoms with E-state index < -0.39 is 0 Å². The third-order valence-corrected chi connectivity index (χ3v) is 3.12. The number of amides is 1. The Morgan fingerprint density at radius 1 is 1.30 bits per heavy atom. The molecule has 0 aliphatic heterocycles. The summed E-state index contributed by atoms with van der Waals surface area (Å²) in [5.74, 6) is -0.133. The molecule has 3 aromatic rings. The average Bonchev–Trinajstić information content (AvgIpc) is 2.91. The second kappa shape index (κ2) is 5.13. The van der Waals surface area contributed by atoms with Gasteiger partial charge in [0.25, 0.3) is 5.91 Å². The minimum atomic E-state index is -0.133. The number of benzene rings is 1. The number of nitrogens with zero attached hydrogens (tertiary/aromatic N) is 3. The first-order valence-corrected chi connectivity index (χ1v) is 6.33. The van der Waals surface area contributed by atoms with Gasteiger partial charge >= 0.3 is 0 Å². The van der Waals surface area contributed by atoms with Crippen molar-refractivity contribution in [3.05, 3.63) is 60.0 Å². The number of carbonyl (C=O) groups is 1. The van der Waals surface area contributed by atoms with Gasteiger partial charge in [-0.05, 0) is 11.6 Å². The topological polar surface area (TPSA) is 59.8 Å². The van der Waals surface area contributed by atoms with Gasteiger partial charge in [0, 0.05) is 31.4 Å². The molecule has 5 heteroatoms.